The van der Waals surface area contributed by atoms with Crippen LogP contribution in [0.3, 0.4) is 0 Å². The summed E-state index contributed by atoms with van der Waals surface area (Å²) in [6.07, 6.45) is 1.11. The van der Waals surface area contributed by atoms with Crippen molar-refractivity contribution in [1.29, 1.82) is 0 Å². The third-order valence-electron chi connectivity index (χ3n) is 4.95. The Labute approximate surface area is 186 Å². The lowest BCUT2D eigenvalue weighted by Gasteiger charge is -2.31. The van der Waals surface area contributed by atoms with Crippen LogP contribution in [0.4, 0.5) is 11.4 Å². The summed E-state index contributed by atoms with van der Waals surface area (Å²) in [4.78, 5) is 24.0. The van der Waals surface area contributed by atoms with Crippen LogP contribution in [-0.2, 0) is 19.6 Å². The summed E-state index contributed by atoms with van der Waals surface area (Å²) in [6.45, 7) is 1.76. The molecule has 2 aromatic rings. The average molecular weight is 466 g/mol. The second-order valence-electron chi connectivity index (χ2n) is 7.25. The van der Waals surface area contributed by atoms with Gasteiger partial charge in [0.05, 0.1) is 13.0 Å². The van der Waals surface area contributed by atoms with Gasteiger partial charge in [-0.15, -0.1) is 0 Å². The van der Waals surface area contributed by atoms with Crippen molar-refractivity contribution in [2.75, 3.05) is 30.8 Å². The first-order valence-electron chi connectivity index (χ1n) is 9.73. The Kier molecular flexibility index (Phi) is 7.19. The van der Waals surface area contributed by atoms with Gasteiger partial charge in [0.2, 0.25) is 21.8 Å². The van der Waals surface area contributed by atoms with E-state index < -0.39 is 15.9 Å². The van der Waals surface area contributed by atoms with E-state index in [-0.39, 0.29) is 34.0 Å². The highest BCUT2D eigenvalue weighted by atomic mass is 35.5. The molecule has 1 saturated heterocycles. The predicted octanol–water partition coefficient (Wildman–Crippen LogP) is 3.35. The molecule has 31 heavy (non-hydrogen) atoms. The van der Waals surface area contributed by atoms with E-state index in [4.69, 9.17) is 16.3 Å². The van der Waals surface area contributed by atoms with Gasteiger partial charge in [-0.05, 0) is 49.2 Å². The molecule has 1 fully saturated rings. The van der Waals surface area contributed by atoms with E-state index in [9.17, 15) is 18.0 Å². The van der Waals surface area contributed by atoms with Crippen molar-refractivity contribution in [2.45, 2.75) is 24.7 Å². The molecule has 3 rings (SSSR count). The SMILES string of the molecule is COc1ccc(Cl)cc1S(=O)(=O)N1CCC[C@H](C(=O)Nc2cccc(NC(C)=O)c2)C1. The first kappa shape index (κ1) is 23.1. The Morgan fingerprint density at radius 2 is 1.84 bits per heavy atom. The van der Waals surface area contributed by atoms with Crippen LogP contribution in [0.25, 0.3) is 0 Å². The number of halogens is 1. The first-order valence-corrected chi connectivity index (χ1v) is 11.5. The van der Waals surface area contributed by atoms with Gasteiger partial charge in [-0.2, -0.15) is 4.31 Å². The number of methoxy groups -OCH3 is 1. The zero-order valence-corrected chi connectivity index (χ0v) is 18.8. The number of hydrogen-bond acceptors (Lipinski definition) is 5. The maximum Gasteiger partial charge on any atom is 0.246 e. The van der Waals surface area contributed by atoms with E-state index in [1.165, 1.54) is 30.5 Å². The fraction of sp³-hybridized carbons (Fsp3) is 0.333. The number of piperidine rings is 1. The van der Waals surface area contributed by atoms with Crippen LogP contribution < -0.4 is 15.4 Å². The summed E-state index contributed by atoms with van der Waals surface area (Å²) in [5.41, 5.74) is 1.08. The van der Waals surface area contributed by atoms with Crippen molar-refractivity contribution < 1.29 is 22.7 Å². The van der Waals surface area contributed by atoms with Gasteiger partial charge in [0.1, 0.15) is 10.6 Å². The van der Waals surface area contributed by atoms with E-state index in [0.717, 1.165) is 0 Å². The molecule has 2 aromatic carbocycles. The minimum atomic E-state index is -3.89. The Hall–Kier alpha value is -2.62. The number of rotatable bonds is 6. The first-order chi connectivity index (χ1) is 14.7. The highest BCUT2D eigenvalue weighted by molar-refractivity contribution is 7.89. The molecule has 0 radical (unpaired) electrons. The zero-order valence-electron chi connectivity index (χ0n) is 17.2. The molecule has 0 bridgehead atoms. The van der Waals surface area contributed by atoms with Crippen molar-refractivity contribution in [3.05, 3.63) is 47.5 Å². The number of nitrogens with one attached hydrogen (secondary N) is 2. The van der Waals surface area contributed by atoms with Crippen LogP contribution in [-0.4, -0.2) is 44.7 Å². The van der Waals surface area contributed by atoms with E-state index in [2.05, 4.69) is 10.6 Å². The van der Waals surface area contributed by atoms with Gasteiger partial charge in [0.15, 0.2) is 0 Å². The maximum absolute atomic E-state index is 13.2. The Balaban J connectivity index is 1.75. The molecule has 1 atom stereocenters. The van der Waals surface area contributed by atoms with Crippen LogP contribution >= 0.6 is 11.6 Å². The quantitative estimate of drug-likeness (QED) is 0.680. The van der Waals surface area contributed by atoms with Crippen molar-refractivity contribution in [2.24, 2.45) is 5.92 Å². The van der Waals surface area contributed by atoms with Gasteiger partial charge < -0.3 is 15.4 Å². The topological polar surface area (TPSA) is 105 Å². The molecule has 166 valence electrons. The van der Waals surface area contributed by atoms with Crippen molar-refractivity contribution in [1.82, 2.24) is 4.31 Å². The van der Waals surface area contributed by atoms with Crippen LogP contribution in [0.1, 0.15) is 19.8 Å². The van der Waals surface area contributed by atoms with Crippen LogP contribution in [0.15, 0.2) is 47.4 Å². The fourth-order valence-electron chi connectivity index (χ4n) is 3.49. The highest BCUT2D eigenvalue weighted by Crippen LogP contribution is 2.32. The third kappa shape index (κ3) is 5.55. The molecule has 2 amide bonds. The normalized spacial score (nSPS) is 17.1. The lowest BCUT2D eigenvalue weighted by atomic mass is 9.98. The molecular formula is C21H24ClN3O5S. The molecular weight excluding hydrogens is 442 g/mol. The number of anilines is 2. The summed E-state index contributed by atoms with van der Waals surface area (Å²) < 4.78 is 32.9. The minimum absolute atomic E-state index is 0.0217. The number of benzene rings is 2. The molecule has 0 aromatic heterocycles. The van der Waals surface area contributed by atoms with Gasteiger partial charge in [0, 0.05) is 36.4 Å². The summed E-state index contributed by atoms with van der Waals surface area (Å²) in [5.74, 6) is -0.810. The van der Waals surface area contributed by atoms with Gasteiger partial charge >= 0.3 is 0 Å². The van der Waals surface area contributed by atoms with Crippen LogP contribution in [0, 0.1) is 5.92 Å². The monoisotopic (exact) mass is 465 g/mol. The maximum atomic E-state index is 13.2. The minimum Gasteiger partial charge on any atom is -0.495 e. The number of ether oxygens (including phenoxy) is 1. The summed E-state index contributed by atoms with van der Waals surface area (Å²) in [7, 11) is -2.50. The summed E-state index contributed by atoms with van der Waals surface area (Å²) in [6, 6.07) is 11.2. The zero-order chi connectivity index (χ0) is 22.6. The van der Waals surface area contributed by atoms with Gasteiger partial charge in [-0.3, -0.25) is 9.59 Å². The molecule has 1 aliphatic rings. The number of hydrogen-bond donors (Lipinski definition) is 2. The lowest BCUT2D eigenvalue weighted by molar-refractivity contribution is -0.121. The molecule has 8 nitrogen and oxygen atoms in total. The van der Waals surface area contributed by atoms with Crippen LogP contribution in [0.2, 0.25) is 5.02 Å². The number of carbonyl (C=O) groups is 2. The molecule has 0 spiro atoms. The summed E-state index contributed by atoms with van der Waals surface area (Å²) >= 11 is 6.00. The number of sulfonamides is 1. The van der Waals surface area contributed by atoms with Gasteiger partial charge in [0.25, 0.3) is 0 Å². The fourth-order valence-corrected chi connectivity index (χ4v) is 5.43. The van der Waals surface area contributed by atoms with E-state index in [1.807, 2.05) is 0 Å². The van der Waals surface area contributed by atoms with E-state index in [0.29, 0.717) is 30.8 Å². The smallest absolute Gasteiger partial charge is 0.246 e. The molecule has 2 N–H and O–H groups in total. The van der Waals surface area contributed by atoms with Crippen molar-refractivity contribution >= 4 is 44.8 Å². The lowest BCUT2D eigenvalue weighted by Crippen LogP contribution is -2.43. The molecule has 0 saturated carbocycles. The second kappa shape index (κ2) is 9.67. The van der Waals surface area contributed by atoms with Gasteiger partial charge in [-0.1, -0.05) is 17.7 Å². The molecule has 1 aliphatic heterocycles. The highest BCUT2D eigenvalue weighted by Gasteiger charge is 2.35. The Morgan fingerprint density at radius 1 is 1.13 bits per heavy atom. The number of amides is 2. The van der Waals surface area contributed by atoms with Crippen molar-refractivity contribution in [3.63, 3.8) is 0 Å². The molecule has 10 heteroatoms. The number of carbonyl (C=O) groups excluding carboxylic acids is 2. The Morgan fingerprint density at radius 3 is 2.52 bits per heavy atom. The third-order valence-corrected chi connectivity index (χ3v) is 7.07. The van der Waals surface area contributed by atoms with E-state index in [1.54, 1.807) is 30.3 Å². The van der Waals surface area contributed by atoms with Crippen LogP contribution in [0.5, 0.6) is 5.75 Å². The standard InChI is InChI=1S/C21H24ClN3O5S/c1-14(26)23-17-6-3-7-18(12-17)24-21(27)15-5-4-10-25(13-15)31(28,29)20-11-16(22)8-9-19(20)30-2/h3,6-9,11-12,15H,4-5,10,13H2,1-2H3,(H,23,26)(H,24,27)/t15-/m0/s1. The second-order valence-corrected chi connectivity index (χ2v) is 9.59. The molecule has 0 aliphatic carbocycles. The number of nitrogens with zero attached hydrogens (tertiary/aromatic N) is 1. The summed E-state index contributed by atoms with van der Waals surface area (Å²) in [5, 5.41) is 5.75. The largest absolute Gasteiger partial charge is 0.495 e. The van der Waals surface area contributed by atoms with Gasteiger partial charge in [-0.25, -0.2) is 8.42 Å². The average Bonchev–Trinajstić information content (AvgIpc) is 2.73. The molecule has 1 heterocycles. The predicted molar refractivity (Wildman–Crippen MR) is 119 cm³/mol. The Bertz CT molecular complexity index is 1090. The van der Waals surface area contributed by atoms with E-state index >= 15 is 0 Å². The molecule has 0 unspecified atom stereocenters. The van der Waals surface area contributed by atoms with Crippen molar-refractivity contribution in [3.8, 4) is 5.75 Å².